The van der Waals surface area contributed by atoms with Gasteiger partial charge in [0.15, 0.2) is 35.1 Å². The number of ether oxygens (including phenoxy) is 2. The average Bonchev–Trinajstić information content (AvgIpc) is 3.72. The van der Waals surface area contributed by atoms with Crippen molar-refractivity contribution in [1.29, 1.82) is 0 Å². The summed E-state index contributed by atoms with van der Waals surface area (Å²) in [6.07, 6.45) is -6.56. The van der Waals surface area contributed by atoms with Crippen LogP contribution >= 0.6 is 14.2 Å². The molecule has 0 aromatic carbocycles. The van der Waals surface area contributed by atoms with E-state index in [1.807, 2.05) is 0 Å². The van der Waals surface area contributed by atoms with E-state index in [0.717, 1.165) is 0 Å². The van der Waals surface area contributed by atoms with Crippen LogP contribution in [0.15, 0.2) is 23.8 Å². The zero-order valence-corrected chi connectivity index (χ0v) is 24.6. The van der Waals surface area contributed by atoms with Gasteiger partial charge in [-0.05, 0) is 11.8 Å². The predicted octanol–water partition coefficient (Wildman–Crippen LogP) is -2.85. The maximum Gasteiger partial charge on any atom is 0.325 e. The van der Waals surface area contributed by atoms with Gasteiger partial charge in [-0.3, -0.25) is 23.4 Å². The van der Waals surface area contributed by atoms with Crippen molar-refractivity contribution in [3.05, 3.63) is 29.3 Å². The van der Waals surface area contributed by atoms with Gasteiger partial charge in [0.25, 0.3) is 5.56 Å². The molecule has 4 unspecified atom stereocenters. The number of nitrogen functional groups attached to an aromatic ring is 2. The van der Waals surface area contributed by atoms with Crippen molar-refractivity contribution in [2.45, 2.75) is 49.1 Å². The maximum absolute atomic E-state index is 13.8. The largest absolute Gasteiger partial charge is 0.387 e. The van der Waals surface area contributed by atoms with Crippen LogP contribution in [0.5, 0.6) is 0 Å². The lowest BCUT2D eigenvalue weighted by Crippen LogP contribution is -2.36. The highest BCUT2D eigenvalue weighted by molar-refractivity contribution is 8.07. The van der Waals surface area contributed by atoms with Gasteiger partial charge in [0.05, 0.1) is 33.4 Å². The Kier molecular flexibility index (Phi) is 7.59. The van der Waals surface area contributed by atoms with E-state index in [1.54, 1.807) is 0 Å². The SMILES string of the molecule is [BH3-]P1(=O)OC[C@H]2O[C@@H](n3cnc4c(N)ncnc43)[C@@H](O)C2OP(O)(=S)OC[C@H]2O[C@@H](n3cnc4c(=O)[nH]c(N)nc43)[C@@H](O1)C2O. The van der Waals surface area contributed by atoms with E-state index in [4.69, 9.17) is 50.8 Å². The normalized spacial score (nSPS) is 37.7. The highest BCUT2D eigenvalue weighted by Crippen LogP contribution is 2.53. The van der Waals surface area contributed by atoms with Crippen molar-refractivity contribution >= 4 is 67.7 Å². The van der Waals surface area contributed by atoms with Crippen LogP contribution in [0.3, 0.4) is 0 Å². The Hall–Kier alpha value is -2.92. The van der Waals surface area contributed by atoms with Crippen molar-refractivity contribution in [3.8, 4) is 0 Å². The minimum atomic E-state index is -4.15. The van der Waals surface area contributed by atoms with Crippen LogP contribution in [0.2, 0.25) is 0 Å². The van der Waals surface area contributed by atoms with Crippen molar-refractivity contribution in [2.24, 2.45) is 0 Å². The molecule has 3 saturated heterocycles. The molecule has 3 fully saturated rings. The van der Waals surface area contributed by atoms with Crippen LogP contribution < -0.4 is 17.0 Å². The first-order chi connectivity index (χ1) is 21.3. The molecular weight excluding hydrogens is 661 g/mol. The average molecular weight is 687 g/mol. The fourth-order valence-electron chi connectivity index (χ4n) is 5.21. The minimum absolute atomic E-state index is 0.0144. The van der Waals surface area contributed by atoms with Crippen LogP contribution in [0, 0.1) is 0 Å². The van der Waals surface area contributed by atoms with Crippen LogP contribution in [0.25, 0.3) is 22.3 Å². The molecule has 2 bridgehead atoms. The fourth-order valence-corrected chi connectivity index (χ4v) is 7.41. The number of imidazole rings is 2. The Morgan fingerprint density at radius 3 is 2.40 bits per heavy atom. The summed E-state index contributed by atoms with van der Waals surface area (Å²) < 4.78 is 51.5. The standard InChI is InChI=1S/C20H26BN10O11P2S/c21-43(35)37-2-7-12(11(33)18(40-7)30-4-26-8-14(22)24-3-25-15(8)30)42-44(36,45)38-1-6-10(32)13(41-43)19(39-6)31-5-27-9-16(31)28-20(23)29-17(9)34/h3-7,10-13,18-19,32-33H,1-2H2,21H3,(H,36,45)(H2,22,24,25)(H3,23,28,29,34)/q-1/t6-,7-,10?,11+,12?,13+,18-,19-,43?,44?/m1/s1. The summed E-state index contributed by atoms with van der Waals surface area (Å²) in [6.45, 7) is -5.09. The molecular formula is C20H26BN10O11P2S-. The maximum atomic E-state index is 13.8. The summed E-state index contributed by atoms with van der Waals surface area (Å²) in [5, 5.41) is 22.5. The number of nitrogens with zero attached hydrogens (tertiary/aromatic N) is 7. The molecule has 4 aromatic heterocycles. The van der Waals surface area contributed by atoms with Crippen molar-refractivity contribution in [2.75, 3.05) is 24.7 Å². The van der Waals surface area contributed by atoms with E-state index in [1.165, 1.54) is 28.1 Å². The van der Waals surface area contributed by atoms with Gasteiger partial charge >= 0.3 is 6.72 Å². The number of aliphatic hydroxyl groups excluding tert-OH is 2. The molecule has 4 aromatic rings. The summed E-state index contributed by atoms with van der Waals surface area (Å²) in [5.74, 6) is -0.0860. The van der Waals surface area contributed by atoms with Crippen LogP contribution in [-0.2, 0) is 43.9 Å². The van der Waals surface area contributed by atoms with E-state index >= 15 is 0 Å². The number of hydrogen-bond acceptors (Lipinski definition) is 18. The first-order valence-electron chi connectivity index (χ1n) is 12.8. The number of aliphatic hydroxyl groups is 2. The third-order valence-corrected chi connectivity index (χ3v) is 9.55. The molecule has 0 spiro atoms. The summed E-state index contributed by atoms with van der Waals surface area (Å²) in [6, 6.07) is 0. The smallest absolute Gasteiger partial charge is 0.325 e. The zero-order valence-electron chi connectivity index (χ0n) is 22.0. The number of anilines is 2. The molecule has 8 N–H and O–H groups in total. The number of H-pyrrole nitrogens is 1. The molecule has 10 atom stereocenters. The molecule has 3 aliphatic heterocycles. The van der Waals surface area contributed by atoms with E-state index in [2.05, 4.69) is 29.9 Å². The summed E-state index contributed by atoms with van der Waals surface area (Å²) >= 11 is 5.24. The van der Waals surface area contributed by atoms with Gasteiger partial charge in [-0.15, -0.1) is 0 Å². The summed E-state index contributed by atoms with van der Waals surface area (Å²) in [4.78, 5) is 46.1. The number of hydrogen-bond donors (Lipinski definition) is 6. The molecule has 0 radical (unpaired) electrons. The molecule has 3 aliphatic rings. The van der Waals surface area contributed by atoms with Gasteiger partial charge in [0.1, 0.15) is 55.9 Å². The van der Waals surface area contributed by atoms with Crippen molar-refractivity contribution in [1.82, 2.24) is 39.0 Å². The molecule has 25 heteroatoms. The number of aromatic amines is 1. The Morgan fingerprint density at radius 1 is 0.933 bits per heavy atom. The van der Waals surface area contributed by atoms with E-state index in [-0.39, 0.29) is 34.1 Å². The molecule has 242 valence electrons. The van der Waals surface area contributed by atoms with Gasteiger partial charge in [-0.2, -0.15) is 4.98 Å². The van der Waals surface area contributed by atoms with Crippen LogP contribution in [-0.4, -0.2) is 112 Å². The third kappa shape index (κ3) is 5.47. The lowest BCUT2D eigenvalue weighted by molar-refractivity contribution is -0.0590. The van der Waals surface area contributed by atoms with E-state index < -0.39 is 89.6 Å². The Balaban J connectivity index is 1.21. The zero-order chi connectivity index (χ0) is 31.8. The molecule has 0 amide bonds. The van der Waals surface area contributed by atoms with Gasteiger partial charge in [-0.1, -0.05) is 0 Å². The number of nitrogens with one attached hydrogen (secondary N) is 1. The lowest BCUT2D eigenvalue weighted by atomic mass is 10.1. The van der Waals surface area contributed by atoms with Crippen molar-refractivity contribution < 1.29 is 47.2 Å². The molecule has 21 nitrogen and oxygen atoms in total. The van der Waals surface area contributed by atoms with Crippen LogP contribution in [0.4, 0.5) is 11.8 Å². The number of rotatable bonds is 2. The Labute approximate surface area is 256 Å². The molecule has 0 saturated carbocycles. The molecule has 7 rings (SSSR count). The number of fused-ring (bicyclic) bond motifs is 5. The van der Waals surface area contributed by atoms with Gasteiger partial charge in [0.2, 0.25) is 5.95 Å². The van der Waals surface area contributed by atoms with Gasteiger partial charge < -0.3 is 54.2 Å². The molecule has 0 aliphatic carbocycles. The van der Waals surface area contributed by atoms with E-state index in [0.29, 0.717) is 0 Å². The second kappa shape index (κ2) is 11.1. The monoisotopic (exact) mass is 687 g/mol. The Bertz CT molecular complexity index is 1950. The first-order valence-corrected chi connectivity index (χ1v) is 16.4. The second-order valence-electron chi connectivity index (χ2n) is 9.89. The van der Waals surface area contributed by atoms with E-state index in [9.17, 15) is 24.5 Å². The highest BCUT2D eigenvalue weighted by Gasteiger charge is 2.52. The van der Waals surface area contributed by atoms with Gasteiger partial charge in [-0.25, -0.2) is 19.9 Å². The Morgan fingerprint density at radius 2 is 1.62 bits per heavy atom. The molecule has 7 heterocycles. The highest BCUT2D eigenvalue weighted by atomic mass is 32.5. The fraction of sp³-hybridized carbons (Fsp3) is 0.500. The quantitative estimate of drug-likeness (QED) is 0.0913. The number of nitrogens with two attached hydrogens (primary N) is 2. The van der Waals surface area contributed by atoms with Crippen LogP contribution in [0.1, 0.15) is 12.5 Å². The lowest BCUT2D eigenvalue weighted by Gasteiger charge is -2.30. The third-order valence-electron chi connectivity index (χ3n) is 7.22. The van der Waals surface area contributed by atoms with Crippen molar-refractivity contribution in [3.63, 3.8) is 0 Å². The summed E-state index contributed by atoms with van der Waals surface area (Å²) in [7, 11) is -5.04. The predicted molar refractivity (Wildman–Crippen MR) is 158 cm³/mol. The second-order valence-corrected chi connectivity index (χ2v) is 13.6. The molecule has 45 heavy (non-hydrogen) atoms. The topological polar surface area (TPSA) is 292 Å². The summed E-state index contributed by atoms with van der Waals surface area (Å²) in [5.41, 5.74) is 11.5. The number of aromatic nitrogens is 8. The first kappa shape index (κ1) is 30.7. The van der Waals surface area contributed by atoms with Gasteiger partial charge in [0, 0.05) is 0 Å². The minimum Gasteiger partial charge on any atom is -0.387 e.